The second kappa shape index (κ2) is 7.70. The van der Waals surface area contributed by atoms with E-state index in [1.807, 2.05) is 33.2 Å². The van der Waals surface area contributed by atoms with E-state index in [0.717, 1.165) is 5.82 Å². The molecular formula is C16H24N2. The molecule has 0 fully saturated rings. The van der Waals surface area contributed by atoms with Crippen LogP contribution in [0.2, 0.25) is 0 Å². The highest BCUT2D eigenvalue weighted by Gasteiger charge is 1.99. The van der Waals surface area contributed by atoms with Crippen LogP contribution in [0.4, 0.5) is 0 Å². The Morgan fingerprint density at radius 1 is 1.11 bits per heavy atom. The van der Waals surface area contributed by atoms with Crippen LogP contribution in [0, 0.1) is 6.92 Å². The van der Waals surface area contributed by atoms with Gasteiger partial charge in [0.1, 0.15) is 5.82 Å². The minimum Gasteiger partial charge on any atom is -0.304 e. The van der Waals surface area contributed by atoms with Crippen LogP contribution in [-0.2, 0) is 6.42 Å². The molecule has 2 heteroatoms. The largest absolute Gasteiger partial charge is 0.304 e. The van der Waals surface area contributed by atoms with Gasteiger partial charge in [0.2, 0.25) is 0 Å². The van der Waals surface area contributed by atoms with E-state index in [1.54, 1.807) is 0 Å². The molecule has 18 heavy (non-hydrogen) atoms. The Morgan fingerprint density at radius 3 is 2.28 bits per heavy atom. The third kappa shape index (κ3) is 3.73. The van der Waals surface area contributed by atoms with Crippen LogP contribution in [0.25, 0.3) is 5.69 Å². The van der Waals surface area contributed by atoms with E-state index < -0.39 is 0 Å². The Bertz CT molecular complexity index is 440. The van der Waals surface area contributed by atoms with Crippen molar-refractivity contribution in [1.29, 1.82) is 0 Å². The van der Waals surface area contributed by atoms with Gasteiger partial charge in [-0.25, -0.2) is 4.98 Å². The summed E-state index contributed by atoms with van der Waals surface area (Å²) in [6.07, 6.45) is 7.53. The average molecular weight is 244 g/mol. The van der Waals surface area contributed by atoms with Gasteiger partial charge in [-0.15, -0.1) is 0 Å². The van der Waals surface area contributed by atoms with Crippen molar-refractivity contribution in [1.82, 2.24) is 9.55 Å². The smallest absolute Gasteiger partial charge is 0.110 e. The lowest BCUT2D eigenvalue weighted by molar-refractivity contribution is 0.794. The second-order valence-electron chi connectivity index (χ2n) is 4.11. The number of rotatable bonds is 4. The summed E-state index contributed by atoms with van der Waals surface area (Å²) in [4.78, 5) is 4.23. The van der Waals surface area contributed by atoms with E-state index in [4.69, 9.17) is 0 Å². The molecule has 0 saturated heterocycles. The van der Waals surface area contributed by atoms with Crippen LogP contribution < -0.4 is 0 Å². The van der Waals surface area contributed by atoms with Gasteiger partial charge in [-0.3, -0.25) is 0 Å². The number of unbranched alkanes of at least 4 members (excludes halogenated alkanes) is 1. The molecule has 0 N–H and O–H groups in total. The average Bonchev–Trinajstić information content (AvgIpc) is 2.86. The first-order valence-electron chi connectivity index (χ1n) is 6.90. The lowest BCUT2D eigenvalue weighted by Gasteiger charge is -2.06. The first kappa shape index (κ1) is 14.5. The molecule has 0 atom stereocenters. The van der Waals surface area contributed by atoms with Gasteiger partial charge in [0.15, 0.2) is 0 Å². The summed E-state index contributed by atoms with van der Waals surface area (Å²) in [7, 11) is 0. The molecule has 0 saturated carbocycles. The van der Waals surface area contributed by atoms with Crippen LogP contribution in [0.5, 0.6) is 0 Å². The van der Waals surface area contributed by atoms with E-state index in [1.165, 1.54) is 30.5 Å². The predicted octanol–water partition coefficient (Wildman–Crippen LogP) is 4.55. The topological polar surface area (TPSA) is 17.8 Å². The number of aromatic nitrogens is 2. The van der Waals surface area contributed by atoms with Crippen LogP contribution in [0.3, 0.4) is 0 Å². The van der Waals surface area contributed by atoms with E-state index in [0.29, 0.717) is 0 Å². The fraction of sp³-hybridized carbons (Fsp3) is 0.438. The van der Waals surface area contributed by atoms with Crippen molar-refractivity contribution in [2.45, 2.75) is 47.0 Å². The molecule has 0 aliphatic carbocycles. The standard InChI is InChI=1S/C14H18N2.C2H6/c1-3-4-5-13-6-8-14(9-7-13)16-11-10-15-12(16)2;1-2/h6-11H,3-5H2,1-2H3;1-2H3. The highest BCUT2D eigenvalue weighted by molar-refractivity contribution is 5.35. The molecule has 2 nitrogen and oxygen atoms in total. The molecule has 0 unspecified atom stereocenters. The zero-order valence-electron chi connectivity index (χ0n) is 12.0. The van der Waals surface area contributed by atoms with Crippen molar-refractivity contribution < 1.29 is 0 Å². The SMILES string of the molecule is CC.CCCCc1ccc(-n2ccnc2C)cc1. The summed E-state index contributed by atoms with van der Waals surface area (Å²) in [5, 5.41) is 0. The Hall–Kier alpha value is -1.57. The third-order valence-corrected chi connectivity index (χ3v) is 2.86. The normalized spacial score (nSPS) is 9.78. The zero-order valence-corrected chi connectivity index (χ0v) is 12.0. The summed E-state index contributed by atoms with van der Waals surface area (Å²) in [5.41, 5.74) is 2.61. The third-order valence-electron chi connectivity index (χ3n) is 2.86. The number of hydrogen-bond donors (Lipinski definition) is 0. The van der Waals surface area contributed by atoms with E-state index in [9.17, 15) is 0 Å². The van der Waals surface area contributed by atoms with Gasteiger partial charge in [0.05, 0.1) is 0 Å². The molecule has 2 rings (SSSR count). The number of imidazole rings is 1. The first-order valence-corrected chi connectivity index (χ1v) is 6.90. The van der Waals surface area contributed by atoms with Crippen molar-refractivity contribution in [3.8, 4) is 5.69 Å². The maximum absolute atomic E-state index is 4.23. The van der Waals surface area contributed by atoms with Crippen molar-refractivity contribution in [2.75, 3.05) is 0 Å². The maximum atomic E-state index is 4.23. The Balaban J connectivity index is 0.000000771. The summed E-state index contributed by atoms with van der Waals surface area (Å²) >= 11 is 0. The van der Waals surface area contributed by atoms with Gasteiger partial charge < -0.3 is 4.57 Å². The van der Waals surface area contributed by atoms with Gasteiger partial charge in [-0.2, -0.15) is 0 Å². The quantitative estimate of drug-likeness (QED) is 0.771. The molecule has 0 amide bonds. The van der Waals surface area contributed by atoms with E-state index in [2.05, 4.69) is 40.7 Å². The van der Waals surface area contributed by atoms with Crippen molar-refractivity contribution in [3.63, 3.8) is 0 Å². The molecule has 2 aromatic rings. The molecule has 98 valence electrons. The molecule has 0 aliphatic rings. The summed E-state index contributed by atoms with van der Waals surface area (Å²) in [6, 6.07) is 8.76. The van der Waals surface area contributed by atoms with E-state index >= 15 is 0 Å². The Morgan fingerprint density at radius 2 is 1.78 bits per heavy atom. The monoisotopic (exact) mass is 244 g/mol. The van der Waals surface area contributed by atoms with Crippen molar-refractivity contribution >= 4 is 0 Å². The highest BCUT2D eigenvalue weighted by atomic mass is 15.1. The van der Waals surface area contributed by atoms with Crippen LogP contribution in [0.15, 0.2) is 36.7 Å². The fourth-order valence-electron chi connectivity index (χ4n) is 1.85. The van der Waals surface area contributed by atoms with Gasteiger partial charge in [0, 0.05) is 18.1 Å². The number of benzene rings is 1. The molecular weight excluding hydrogens is 220 g/mol. The molecule has 1 aromatic heterocycles. The zero-order chi connectivity index (χ0) is 13.4. The van der Waals surface area contributed by atoms with Crippen LogP contribution in [0.1, 0.15) is 45.0 Å². The summed E-state index contributed by atoms with van der Waals surface area (Å²) in [6.45, 7) is 8.24. The minimum atomic E-state index is 1.03. The lowest BCUT2D eigenvalue weighted by Crippen LogP contribution is -1.95. The van der Waals surface area contributed by atoms with Gasteiger partial charge in [-0.1, -0.05) is 39.3 Å². The summed E-state index contributed by atoms with van der Waals surface area (Å²) in [5.74, 6) is 1.03. The maximum Gasteiger partial charge on any atom is 0.110 e. The molecule has 1 aromatic carbocycles. The number of aryl methyl sites for hydroxylation is 2. The van der Waals surface area contributed by atoms with Crippen molar-refractivity contribution in [2.24, 2.45) is 0 Å². The number of nitrogens with zero attached hydrogens (tertiary/aromatic N) is 2. The Labute approximate surface area is 111 Å². The molecule has 0 radical (unpaired) electrons. The highest BCUT2D eigenvalue weighted by Crippen LogP contribution is 2.13. The van der Waals surface area contributed by atoms with Crippen molar-refractivity contribution in [3.05, 3.63) is 48.0 Å². The van der Waals surface area contributed by atoms with E-state index in [-0.39, 0.29) is 0 Å². The molecule has 0 aliphatic heterocycles. The molecule has 0 spiro atoms. The predicted molar refractivity (Wildman–Crippen MR) is 78.3 cm³/mol. The molecule has 1 heterocycles. The van der Waals surface area contributed by atoms with Gasteiger partial charge in [-0.05, 0) is 37.5 Å². The van der Waals surface area contributed by atoms with Gasteiger partial charge >= 0.3 is 0 Å². The van der Waals surface area contributed by atoms with Gasteiger partial charge in [0.25, 0.3) is 0 Å². The van der Waals surface area contributed by atoms with Crippen LogP contribution in [-0.4, -0.2) is 9.55 Å². The second-order valence-corrected chi connectivity index (χ2v) is 4.11. The summed E-state index contributed by atoms with van der Waals surface area (Å²) < 4.78 is 2.10. The Kier molecular flexibility index (Phi) is 6.20. The minimum absolute atomic E-state index is 1.03. The molecule has 0 bridgehead atoms. The number of hydrogen-bond acceptors (Lipinski definition) is 1. The lowest BCUT2D eigenvalue weighted by atomic mass is 10.1. The first-order chi connectivity index (χ1) is 8.81. The fourth-order valence-corrected chi connectivity index (χ4v) is 1.85. The van der Waals surface area contributed by atoms with Crippen LogP contribution >= 0.6 is 0 Å².